The minimum atomic E-state index is -1.04. The molecule has 0 spiro atoms. The van der Waals surface area contributed by atoms with Crippen molar-refractivity contribution in [1.29, 1.82) is 0 Å². The molecule has 18 heavy (non-hydrogen) atoms. The highest BCUT2D eigenvalue weighted by Crippen LogP contribution is 2.30. The number of hydrazine groups is 1. The molecule has 0 saturated heterocycles. The molecule has 0 saturated carbocycles. The summed E-state index contributed by atoms with van der Waals surface area (Å²) < 4.78 is 0. The standard InChI is InChI=1S/C11H21N3O4/c1-7(15)13-14-8(16)6-12-11(4,5)10(2,3)9(17)18/h12H,6H2,1-5H3,(H,13,15)(H,14,16)(H,17,18). The van der Waals surface area contributed by atoms with Crippen LogP contribution in [-0.4, -0.2) is 35.0 Å². The van der Waals surface area contributed by atoms with E-state index in [0.29, 0.717) is 0 Å². The van der Waals surface area contributed by atoms with E-state index in [-0.39, 0.29) is 12.5 Å². The summed E-state index contributed by atoms with van der Waals surface area (Å²) in [5, 5.41) is 12.0. The first kappa shape index (κ1) is 16.4. The molecular formula is C11H21N3O4. The van der Waals surface area contributed by atoms with Crippen LogP contribution in [0.2, 0.25) is 0 Å². The molecule has 0 fully saturated rings. The van der Waals surface area contributed by atoms with Gasteiger partial charge in [-0.1, -0.05) is 0 Å². The van der Waals surface area contributed by atoms with E-state index in [1.54, 1.807) is 27.7 Å². The first-order chi connectivity index (χ1) is 8.00. The molecule has 0 heterocycles. The predicted molar refractivity (Wildman–Crippen MR) is 65.5 cm³/mol. The van der Waals surface area contributed by atoms with Crippen LogP contribution < -0.4 is 16.2 Å². The van der Waals surface area contributed by atoms with Gasteiger partial charge < -0.3 is 10.4 Å². The minimum absolute atomic E-state index is 0.0933. The number of hydrogen-bond acceptors (Lipinski definition) is 4. The molecule has 0 rings (SSSR count). The molecule has 0 unspecified atom stereocenters. The second-order valence-corrected chi connectivity index (χ2v) is 5.14. The van der Waals surface area contributed by atoms with E-state index in [9.17, 15) is 14.4 Å². The third-order valence-electron chi connectivity index (χ3n) is 3.17. The van der Waals surface area contributed by atoms with E-state index in [2.05, 4.69) is 16.2 Å². The van der Waals surface area contributed by atoms with Crippen molar-refractivity contribution in [1.82, 2.24) is 16.2 Å². The fraction of sp³-hybridized carbons (Fsp3) is 0.727. The van der Waals surface area contributed by atoms with Crippen molar-refractivity contribution in [3.05, 3.63) is 0 Å². The Bertz CT molecular complexity index is 350. The van der Waals surface area contributed by atoms with E-state index in [1.165, 1.54) is 6.92 Å². The lowest BCUT2D eigenvalue weighted by molar-refractivity contribution is -0.151. The van der Waals surface area contributed by atoms with E-state index in [1.807, 2.05) is 0 Å². The van der Waals surface area contributed by atoms with Gasteiger partial charge >= 0.3 is 5.97 Å². The van der Waals surface area contributed by atoms with Crippen LogP contribution in [-0.2, 0) is 14.4 Å². The molecule has 2 amide bonds. The van der Waals surface area contributed by atoms with Gasteiger partial charge in [0.15, 0.2) is 0 Å². The Morgan fingerprint density at radius 3 is 1.94 bits per heavy atom. The van der Waals surface area contributed by atoms with Crippen molar-refractivity contribution < 1.29 is 19.5 Å². The van der Waals surface area contributed by atoms with Crippen molar-refractivity contribution in [2.75, 3.05) is 6.54 Å². The molecule has 4 N–H and O–H groups in total. The molecule has 0 aromatic carbocycles. The van der Waals surface area contributed by atoms with Gasteiger partial charge in [-0.15, -0.1) is 0 Å². The molecule has 7 heteroatoms. The summed E-state index contributed by atoms with van der Waals surface area (Å²) >= 11 is 0. The van der Waals surface area contributed by atoms with Crippen LogP contribution in [0.25, 0.3) is 0 Å². The Labute approximate surface area is 106 Å². The van der Waals surface area contributed by atoms with E-state index < -0.39 is 22.8 Å². The number of aliphatic carboxylic acids is 1. The van der Waals surface area contributed by atoms with Crippen LogP contribution in [0.4, 0.5) is 0 Å². The van der Waals surface area contributed by atoms with Crippen LogP contribution in [0.1, 0.15) is 34.6 Å². The molecule has 7 nitrogen and oxygen atoms in total. The maximum Gasteiger partial charge on any atom is 0.310 e. The summed E-state index contributed by atoms with van der Waals surface area (Å²) in [6.07, 6.45) is 0. The minimum Gasteiger partial charge on any atom is -0.481 e. The Morgan fingerprint density at radius 2 is 1.56 bits per heavy atom. The molecular weight excluding hydrogens is 238 g/mol. The fourth-order valence-electron chi connectivity index (χ4n) is 0.991. The average Bonchev–Trinajstić information content (AvgIpc) is 2.23. The Balaban J connectivity index is 4.39. The summed E-state index contributed by atoms with van der Waals surface area (Å²) in [4.78, 5) is 33.1. The number of nitrogens with one attached hydrogen (secondary N) is 3. The highest BCUT2D eigenvalue weighted by atomic mass is 16.4. The summed E-state index contributed by atoms with van der Waals surface area (Å²) in [7, 11) is 0. The second-order valence-electron chi connectivity index (χ2n) is 5.14. The number of amides is 2. The number of carbonyl (C=O) groups is 3. The lowest BCUT2D eigenvalue weighted by atomic mass is 9.74. The first-order valence-corrected chi connectivity index (χ1v) is 5.54. The quantitative estimate of drug-likeness (QED) is 0.504. The third-order valence-corrected chi connectivity index (χ3v) is 3.17. The molecule has 0 aliphatic rings. The molecule has 0 aliphatic carbocycles. The van der Waals surface area contributed by atoms with Gasteiger partial charge in [-0.25, -0.2) is 0 Å². The molecule has 0 atom stereocenters. The molecule has 0 bridgehead atoms. The zero-order valence-electron chi connectivity index (χ0n) is 11.4. The van der Waals surface area contributed by atoms with Crippen LogP contribution in [0.3, 0.4) is 0 Å². The monoisotopic (exact) mass is 259 g/mol. The summed E-state index contributed by atoms with van der Waals surface area (Å²) in [5.74, 6) is -1.78. The number of carboxylic acids is 1. The van der Waals surface area contributed by atoms with Gasteiger partial charge in [-0.3, -0.25) is 25.2 Å². The maximum atomic E-state index is 11.4. The number of rotatable bonds is 5. The van der Waals surface area contributed by atoms with Crippen molar-refractivity contribution >= 4 is 17.8 Å². The second kappa shape index (κ2) is 5.81. The highest BCUT2D eigenvalue weighted by molar-refractivity contribution is 5.82. The number of carboxylic acid groups (broad SMARTS) is 1. The van der Waals surface area contributed by atoms with E-state index in [4.69, 9.17) is 5.11 Å². The Hall–Kier alpha value is -1.63. The van der Waals surface area contributed by atoms with Gasteiger partial charge in [0.25, 0.3) is 5.91 Å². The lowest BCUT2D eigenvalue weighted by Gasteiger charge is -2.38. The average molecular weight is 259 g/mol. The highest BCUT2D eigenvalue weighted by Gasteiger charge is 2.43. The maximum absolute atomic E-state index is 11.4. The van der Waals surface area contributed by atoms with Gasteiger partial charge in [0.1, 0.15) is 0 Å². The largest absolute Gasteiger partial charge is 0.481 e. The van der Waals surface area contributed by atoms with Gasteiger partial charge in [-0.05, 0) is 27.7 Å². The third kappa shape index (κ3) is 4.33. The normalized spacial score (nSPS) is 11.8. The Morgan fingerprint density at radius 1 is 1.06 bits per heavy atom. The van der Waals surface area contributed by atoms with Crippen molar-refractivity contribution in [3.63, 3.8) is 0 Å². The smallest absolute Gasteiger partial charge is 0.310 e. The molecule has 0 aliphatic heterocycles. The van der Waals surface area contributed by atoms with E-state index in [0.717, 1.165) is 0 Å². The molecule has 0 aromatic rings. The van der Waals surface area contributed by atoms with E-state index >= 15 is 0 Å². The summed E-state index contributed by atoms with van der Waals surface area (Å²) in [6.45, 7) is 7.73. The number of carbonyl (C=O) groups excluding carboxylic acids is 2. The summed E-state index contributed by atoms with van der Waals surface area (Å²) in [6, 6.07) is 0. The van der Waals surface area contributed by atoms with Crippen LogP contribution >= 0.6 is 0 Å². The topological polar surface area (TPSA) is 108 Å². The van der Waals surface area contributed by atoms with Gasteiger partial charge in [0.05, 0.1) is 12.0 Å². The van der Waals surface area contributed by atoms with Crippen LogP contribution in [0, 0.1) is 5.41 Å². The van der Waals surface area contributed by atoms with Gasteiger partial charge in [0, 0.05) is 12.5 Å². The SMILES string of the molecule is CC(=O)NNC(=O)CNC(C)(C)C(C)(C)C(=O)O. The summed E-state index contributed by atoms with van der Waals surface area (Å²) in [5.41, 5.74) is 2.51. The lowest BCUT2D eigenvalue weighted by Crippen LogP contribution is -2.57. The predicted octanol–water partition coefficient (Wildman–Crippen LogP) is -0.367. The first-order valence-electron chi connectivity index (χ1n) is 5.54. The van der Waals surface area contributed by atoms with Crippen molar-refractivity contribution in [2.45, 2.75) is 40.2 Å². The number of hydrogen-bond donors (Lipinski definition) is 4. The molecule has 0 radical (unpaired) electrons. The zero-order valence-corrected chi connectivity index (χ0v) is 11.4. The van der Waals surface area contributed by atoms with Gasteiger partial charge in [0.2, 0.25) is 5.91 Å². The molecule has 0 aromatic heterocycles. The molecule has 104 valence electrons. The van der Waals surface area contributed by atoms with Crippen LogP contribution in [0.5, 0.6) is 0 Å². The zero-order chi connectivity index (χ0) is 14.6. The van der Waals surface area contributed by atoms with Gasteiger partial charge in [-0.2, -0.15) is 0 Å². The fourth-order valence-corrected chi connectivity index (χ4v) is 0.991. The van der Waals surface area contributed by atoms with Crippen LogP contribution in [0.15, 0.2) is 0 Å². The van der Waals surface area contributed by atoms with Crippen molar-refractivity contribution in [3.8, 4) is 0 Å². The Kier molecular flexibility index (Phi) is 5.29. The van der Waals surface area contributed by atoms with Crippen molar-refractivity contribution in [2.24, 2.45) is 5.41 Å².